The van der Waals surface area contributed by atoms with Gasteiger partial charge in [0.25, 0.3) is 0 Å². The molecule has 1 aliphatic rings. The van der Waals surface area contributed by atoms with E-state index in [1.807, 2.05) is 0 Å². The molecule has 4 nitrogen and oxygen atoms in total. The Balaban J connectivity index is 2.15. The molecule has 0 spiro atoms. The Morgan fingerprint density at radius 1 is 1.47 bits per heavy atom. The Hall–Kier alpha value is -0.610. The Morgan fingerprint density at radius 2 is 2.07 bits per heavy atom. The van der Waals surface area contributed by atoms with Crippen molar-refractivity contribution in [2.75, 3.05) is 33.7 Å². The average molecular weight is 214 g/mol. The topological polar surface area (TPSA) is 43.8 Å². The smallest absolute Gasteiger partial charge is 0.223 e. The van der Waals surface area contributed by atoms with Crippen molar-refractivity contribution in [3.8, 4) is 0 Å². The van der Waals surface area contributed by atoms with E-state index in [0.29, 0.717) is 6.42 Å². The van der Waals surface area contributed by atoms with Gasteiger partial charge in [-0.2, -0.15) is 0 Å². The lowest BCUT2D eigenvalue weighted by Gasteiger charge is -2.46. The van der Waals surface area contributed by atoms with Crippen LogP contribution in [0.2, 0.25) is 0 Å². The lowest BCUT2D eigenvalue weighted by Crippen LogP contribution is -2.61. The average Bonchev–Trinajstić information content (AvgIpc) is 2.10. The first-order chi connectivity index (χ1) is 6.97. The molecule has 0 unspecified atom stereocenters. The van der Waals surface area contributed by atoms with Gasteiger partial charge in [0.15, 0.2) is 0 Å². The van der Waals surface area contributed by atoms with Gasteiger partial charge in [-0.25, -0.2) is 0 Å². The SMILES string of the molecule is CCCC1(O)CN(CCC(=O)N(C)C)C1. The maximum absolute atomic E-state index is 11.3. The zero-order chi connectivity index (χ0) is 11.5. The number of hydrogen-bond acceptors (Lipinski definition) is 3. The molecular weight excluding hydrogens is 192 g/mol. The van der Waals surface area contributed by atoms with E-state index in [9.17, 15) is 9.90 Å². The number of aliphatic hydroxyl groups is 1. The molecule has 1 rings (SSSR count). The highest BCUT2D eigenvalue weighted by atomic mass is 16.3. The van der Waals surface area contributed by atoms with Crippen molar-refractivity contribution in [1.29, 1.82) is 0 Å². The molecule has 1 fully saturated rings. The predicted octanol–water partition coefficient (Wildman–Crippen LogP) is 0.311. The van der Waals surface area contributed by atoms with Crippen molar-refractivity contribution in [2.24, 2.45) is 0 Å². The number of amides is 1. The van der Waals surface area contributed by atoms with Crippen LogP contribution in [0, 0.1) is 0 Å². The molecule has 1 heterocycles. The van der Waals surface area contributed by atoms with Gasteiger partial charge >= 0.3 is 0 Å². The Bertz CT molecular complexity index is 223. The van der Waals surface area contributed by atoms with Gasteiger partial charge in [0.2, 0.25) is 5.91 Å². The van der Waals surface area contributed by atoms with Crippen LogP contribution in [-0.4, -0.2) is 60.1 Å². The third-order valence-corrected chi connectivity index (χ3v) is 2.89. The largest absolute Gasteiger partial charge is 0.387 e. The summed E-state index contributed by atoms with van der Waals surface area (Å²) in [6.45, 7) is 4.29. The van der Waals surface area contributed by atoms with Gasteiger partial charge in [0.05, 0.1) is 5.60 Å². The summed E-state index contributed by atoms with van der Waals surface area (Å²) in [5.41, 5.74) is -0.476. The zero-order valence-corrected chi connectivity index (χ0v) is 9.99. The van der Waals surface area contributed by atoms with Crippen LogP contribution in [0.3, 0.4) is 0 Å². The van der Waals surface area contributed by atoms with E-state index in [-0.39, 0.29) is 5.91 Å². The van der Waals surface area contributed by atoms with Crippen LogP contribution in [0.1, 0.15) is 26.2 Å². The van der Waals surface area contributed by atoms with Gasteiger partial charge in [-0.05, 0) is 6.42 Å². The Kier molecular flexibility index (Phi) is 4.11. The van der Waals surface area contributed by atoms with Gasteiger partial charge in [-0.1, -0.05) is 13.3 Å². The minimum absolute atomic E-state index is 0.154. The fraction of sp³-hybridized carbons (Fsp3) is 0.909. The number of rotatable bonds is 5. The molecule has 0 radical (unpaired) electrons. The van der Waals surface area contributed by atoms with Crippen LogP contribution in [0.4, 0.5) is 0 Å². The summed E-state index contributed by atoms with van der Waals surface area (Å²) in [7, 11) is 3.54. The third kappa shape index (κ3) is 3.47. The number of carbonyl (C=O) groups is 1. The highest BCUT2D eigenvalue weighted by Crippen LogP contribution is 2.25. The van der Waals surface area contributed by atoms with Crippen molar-refractivity contribution < 1.29 is 9.90 Å². The molecule has 0 saturated carbocycles. The summed E-state index contributed by atoms with van der Waals surface area (Å²) in [4.78, 5) is 15.1. The summed E-state index contributed by atoms with van der Waals surface area (Å²) in [5.74, 6) is 0.154. The van der Waals surface area contributed by atoms with E-state index in [1.165, 1.54) is 0 Å². The molecule has 88 valence electrons. The van der Waals surface area contributed by atoms with E-state index in [4.69, 9.17) is 0 Å². The molecule has 0 aromatic rings. The second-order valence-corrected chi connectivity index (χ2v) is 4.72. The summed E-state index contributed by atoms with van der Waals surface area (Å²) in [5, 5.41) is 9.92. The minimum Gasteiger partial charge on any atom is -0.387 e. The van der Waals surface area contributed by atoms with Gasteiger partial charge in [-0.15, -0.1) is 0 Å². The molecule has 1 aliphatic heterocycles. The molecule has 0 bridgehead atoms. The van der Waals surface area contributed by atoms with Crippen molar-refractivity contribution in [3.05, 3.63) is 0 Å². The van der Waals surface area contributed by atoms with Crippen molar-refractivity contribution in [3.63, 3.8) is 0 Å². The highest BCUT2D eigenvalue weighted by molar-refractivity contribution is 5.75. The monoisotopic (exact) mass is 214 g/mol. The first-order valence-corrected chi connectivity index (χ1v) is 5.62. The van der Waals surface area contributed by atoms with Crippen molar-refractivity contribution >= 4 is 5.91 Å². The second-order valence-electron chi connectivity index (χ2n) is 4.72. The molecule has 0 aromatic carbocycles. The van der Waals surface area contributed by atoms with Gasteiger partial charge in [0, 0.05) is 40.2 Å². The lowest BCUT2D eigenvalue weighted by molar-refractivity contribution is -0.132. The number of β-amino-alcohol motifs (C(OH)–C–C–N with tert-alkyl or cyclic N) is 1. The first kappa shape index (κ1) is 12.5. The number of likely N-dealkylation sites (tertiary alicyclic amines) is 1. The van der Waals surface area contributed by atoms with E-state index < -0.39 is 5.60 Å². The normalized spacial score (nSPS) is 19.7. The van der Waals surface area contributed by atoms with Crippen LogP contribution >= 0.6 is 0 Å². The molecule has 1 saturated heterocycles. The number of hydrogen-bond donors (Lipinski definition) is 1. The maximum atomic E-state index is 11.3. The molecule has 1 amide bonds. The summed E-state index contributed by atoms with van der Waals surface area (Å²) in [6.07, 6.45) is 2.43. The summed E-state index contributed by atoms with van der Waals surface area (Å²) in [6, 6.07) is 0. The van der Waals surface area contributed by atoms with Crippen LogP contribution in [0.5, 0.6) is 0 Å². The van der Waals surface area contributed by atoms with Crippen LogP contribution in [0.25, 0.3) is 0 Å². The minimum atomic E-state index is -0.476. The zero-order valence-electron chi connectivity index (χ0n) is 9.99. The fourth-order valence-corrected chi connectivity index (χ4v) is 2.05. The first-order valence-electron chi connectivity index (χ1n) is 5.62. The molecule has 1 N–H and O–H groups in total. The summed E-state index contributed by atoms with van der Waals surface area (Å²) >= 11 is 0. The molecule has 4 heteroatoms. The number of carbonyl (C=O) groups excluding carboxylic acids is 1. The van der Waals surface area contributed by atoms with E-state index in [1.54, 1.807) is 19.0 Å². The molecule has 0 atom stereocenters. The molecule has 15 heavy (non-hydrogen) atoms. The molecule has 0 aromatic heterocycles. The number of nitrogens with zero attached hydrogens (tertiary/aromatic N) is 2. The van der Waals surface area contributed by atoms with Crippen LogP contribution < -0.4 is 0 Å². The Labute approximate surface area is 91.9 Å². The predicted molar refractivity (Wildman–Crippen MR) is 59.6 cm³/mol. The molecular formula is C11H22N2O2. The highest BCUT2D eigenvalue weighted by Gasteiger charge is 2.39. The van der Waals surface area contributed by atoms with Crippen molar-refractivity contribution in [2.45, 2.75) is 31.8 Å². The van der Waals surface area contributed by atoms with Gasteiger partial charge < -0.3 is 10.0 Å². The summed E-state index contributed by atoms with van der Waals surface area (Å²) < 4.78 is 0. The van der Waals surface area contributed by atoms with Gasteiger partial charge in [-0.3, -0.25) is 9.69 Å². The van der Waals surface area contributed by atoms with E-state index >= 15 is 0 Å². The third-order valence-electron chi connectivity index (χ3n) is 2.89. The fourth-order valence-electron chi connectivity index (χ4n) is 2.05. The maximum Gasteiger partial charge on any atom is 0.223 e. The van der Waals surface area contributed by atoms with Gasteiger partial charge in [0.1, 0.15) is 0 Å². The van der Waals surface area contributed by atoms with E-state index in [2.05, 4.69) is 11.8 Å². The quantitative estimate of drug-likeness (QED) is 0.716. The Morgan fingerprint density at radius 3 is 2.53 bits per heavy atom. The van der Waals surface area contributed by atoms with Crippen LogP contribution in [-0.2, 0) is 4.79 Å². The lowest BCUT2D eigenvalue weighted by atomic mass is 9.89. The van der Waals surface area contributed by atoms with E-state index in [0.717, 1.165) is 32.5 Å². The molecule has 0 aliphatic carbocycles. The standard InChI is InChI=1S/C11H22N2O2/c1-4-6-11(15)8-13(9-11)7-5-10(14)12(2)3/h15H,4-9H2,1-3H3. The van der Waals surface area contributed by atoms with Crippen molar-refractivity contribution in [1.82, 2.24) is 9.80 Å². The van der Waals surface area contributed by atoms with Crippen LogP contribution in [0.15, 0.2) is 0 Å². The second kappa shape index (κ2) is 4.94.